The third kappa shape index (κ3) is 4.98. The molecule has 0 unspecified atom stereocenters. The third-order valence-corrected chi connectivity index (χ3v) is 6.05. The van der Waals surface area contributed by atoms with Crippen LogP contribution in [0, 0.1) is 0 Å². The number of amides is 2. The van der Waals surface area contributed by atoms with E-state index in [4.69, 9.17) is 4.74 Å². The van der Waals surface area contributed by atoms with Crippen LogP contribution in [-0.2, 0) is 19.6 Å². The van der Waals surface area contributed by atoms with Crippen molar-refractivity contribution in [2.24, 2.45) is 0 Å². The highest BCUT2D eigenvalue weighted by molar-refractivity contribution is 7.92. The Kier molecular flexibility index (Phi) is 6.73. The van der Waals surface area contributed by atoms with Crippen LogP contribution in [0.5, 0.6) is 0 Å². The molecule has 1 saturated heterocycles. The van der Waals surface area contributed by atoms with Crippen molar-refractivity contribution in [2.45, 2.75) is 13.0 Å². The Labute approximate surface area is 176 Å². The SMILES string of the molecule is C[C@@H](C(=O)Nc1ccccc1C(=O)N1CCOCC1)N(c1ccccc1)S(C)(=O)=O. The first-order valence-electron chi connectivity index (χ1n) is 9.60. The van der Waals surface area contributed by atoms with Gasteiger partial charge in [0.05, 0.1) is 36.4 Å². The Morgan fingerprint density at radius 3 is 2.27 bits per heavy atom. The van der Waals surface area contributed by atoms with Crippen molar-refractivity contribution in [3.8, 4) is 0 Å². The molecule has 0 aliphatic carbocycles. The van der Waals surface area contributed by atoms with Crippen LogP contribution in [-0.4, -0.2) is 63.7 Å². The van der Waals surface area contributed by atoms with Gasteiger partial charge in [0, 0.05) is 13.1 Å². The number of para-hydroxylation sites is 2. The molecule has 9 heteroatoms. The predicted octanol–water partition coefficient (Wildman–Crippen LogP) is 1.95. The number of rotatable bonds is 6. The molecule has 2 amide bonds. The lowest BCUT2D eigenvalue weighted by atomic mass is 10.1. The van der Waals surface area contributed by atoms with Crippen molar-refractivity contribution in [3.05, 3.63) is 60.2 Å². The van der Waals surface area contributed by atoms with Crippen molar-refractivity contribution >= 4 is 33.2 Å². The second-order valence-corrected chi connectivity index (χ2v) is 8.87. The molecule has 3 rings (SSSR count). The fraction of sp³-hybridized carbons (Fsp3) is 0.333. The molecule has 30 heavy (non-hydrogen) atoms. The van der Waals surface area contributed by atoms with Gasteiger partial charge < -0.3 is 15.0 Å². The molecule has 160 valence electrons. The Bertz CT molecular complexity index is 1000. The van der Waals surface area contributed by atoms with Gasteiger partial charge in [-0.15, -0.1) is 0 Å². The fourth-order valence-corrected chi connectivity index (χ4v) is 4.51. The largest absolute Gasteiger partial charge is 0.378 e. The summed E-state index contributed by atoms with van der Waals surface area (Å²) < 4.78 is 31.1. The average molecular weight is 432 g/mol. The van der Waals surface area contributed by atoms with Crippen LogP contribution < -0.4 is 9.62 Å². The number of hydrogen-bond donors (Lipinski definition) is 1. The minimum atomic E-state index is -3.71. The van der Waals surface area contributed by atoms with Crippen LogP contribution >= 0.6 is 0 Å². The van der Waals surface area contributed by atoms with E-state index in [0.29, 0.717) is 43.2 Å². The molecule has 2 aromatic carbocycles. The molecular weight excluding hydrogens is 406 g/mol. The molecule has 0 aromatic heterocycles. The first-order chi connectivity index (χ1) is 14.3. The standard InChI is InChI=1S/C21H25N3O5S/c1-16(24(30(2,27)28)17-8-4-3-5-9-17)20(25)22-19-11-7-6-10-18(19)21(26)23-12-14-29-15-13-23/h3-11,16H,12-15H2,1-2H3,(H,22,25)/t16-/m0/s1. The lowest BCUT2D eigenvalue weighted by Gasteiger charge is -2.29. The average Bonchev–Trinajstić information content (AvgIpc) is 2.74. The van der Waals surface area contributed by atoms with Gasteiger partial charge in [-0.25, -0.2) is 8.42 Å². The summed E-state index contributed by atoms with van der Waals surface area (Å²) in [7, 11) is -3.71. The molecular formula is C21H25N3O5S. The van der Waals surface area contributed by atoms with E-state index in [1.807, 2.05) is 0 Å². The van der Waals surface area contributed by atoms with Gasteiger partial charge in [0.25, 0.3) is 5.91 Å². The summed E-state index contributed by atoms with van der Waals surface area (Å²) in [6.45, 7) is 3.41. The van der Waals surface area contributed by atoms with E-state index >= 15 is 0 Å². The second kappa shape index (κ2) is 9.27. The normalized spacial score (nSPS) is 15.3. The summed E-state index contributed by atoms with van der Waals surface area (Å²) in [5.41, 5.74) is 1.08. The number of sulfonamides is 1. The van der Waals surface area contributed by atoms with Gasteiger partial charge in [0.15, 0.2) is 0 Å². The Morgan fingerprint density at radius 1 is 1.03 bits per heavy atom. The molecule has 1 aliphatic heterocycles. The van der Waals surface area contributed by atoms with Crippen molar-refractivity contribution in [1.29, 1.82) is 0 Å². The fourth-order valence-electron chi connectivity index (χ4n) is 3.34. The number of morpholine rings is 1. The van der Waals surface area contributed by atoms with E-state index in [1.165, 1.54) is 6.92 Å². The molecule has 8 nitrogen and oxygen atoms in total. The number of benzene rings is 2. The zero-order chi connectivity index (χ0) is 21.7. The van der Waals surface area contributed by atoms with Crippen molar-refractivity contribution in [3.63, 3.8) is 0 Å². The maximum absolute atomic E-state index is 13.0. The summed E-state index contributed by atoms with van der Waals surface area (Å²) in [6, 6.07) is 14.1. The Hall–Kier alpha value is -2.91. The number of anilines is 2. The quantitative estimate of drug-likeness (QED) is 0.754. The smallest absolute Gasteiger partial charge is 0.256 e. The third-order valence-electron chi connectivity index (χ3n) is 4.81. The zero-order valence-corrected chi connectivity index (χ0v) is 17.8. The zero-order valence-electron chi connectivity index (χ0n) is 16.9. The topological polar surface area (TPSA) is 96.0 Å². The molecule has 0 bridgehead atoms. The monoisotopic (exact) mass is 431 g/mol. The lowest BCUT2D eigenvalue weighted by Crippen LogP contribution is -2.45. The van der Waals surface area contributed by atoms with E-state index in [-0.39, 0.29) is 5.91 Å². The highest BCUT2D eigenvalue weighted by atomic mass is 32.2. The van der Waals surface area contributed by atoms with Crippen LogP contribution in [0.3, 0.4) is 0 Å². The van der Waals surface area contributed by atoms with Gasteiger partial charge in [0.1, 0.15) is 6.04 Å². The minimum Gasteiger partial charge on any atom is -0.378 e. The van der Waals surface area contributed by atoms with Gasteiger partial charge in [-0.05, 0) is 31.2 Å². The number of carbonyl (C=O) groups is 2. The summed E-state index contributed by atoms with van der Waals surface area (Å²) in [5.74, 6) is -0.739. The summed E-state index contributed by atoms with van der Waals surface area (Å²) in [5, 5.41) is 2.73. The highest BCUT2D eigenvalue weighted by Gasteiger charge is 2.30. The molecule has 1 fully saturated rings. The minimum absolute atomic E-state index is 0.204. The molecule has 2 aromatic rings. The number of nitrogens with zero attached hydrogens (tertiary/aromatic N) is 2. The first-order valence-corrected chi connectivity index (χ1v) is 11.4. The summed E-state index contributed by atoms with van der Waals surface area (Å²) >= 11 is 0. The van der Waals surface area contributed by atoms with E-state index in [1.54, 1.807) is 59.5 Å². The molecule has 1 atom stereocenters. The molecule has 1 aliphatic rings. The van der Waals surface area contributed by atoms with Gasteiger partial charge in [-0.3, -0.25) is 13.9 Å². The van der Waals surface area contributed by atoms with Crippen LogP contribution in [0.1, 0.15) is 17.3 Å². The maximum atomic E-state index is 13.0. The van der Waals surface area contributed by atoms with Gasteiger partial charge >= 0.3 is 0 Å². The number of carbonyl (C=O) groups excluding carboxylic acids is 2. The number of nitrogens with one attached hydrogen (secondary N) is 1. The Morgan fingerprint density at radius 2 is 1.63 bits per heavy atom. The van der Waals surface area contributed by atoms with Crippen LogP contribution in [0.25, 0.3) is 0 Å². The molecule has 0 spiro atoms. The summed E-state index contributed by atoms with van der Waals surface area (Å²) in [4.78, 5) is 27.5. The number of hydrogen-bond acceptors (Lipinski definition) is 5. The molecule has 1 heterocycles. The van der Waals surface area contributed by atoms with Crippen LogP contribution in [0.2, 0.25) is 0 Å². The van der Waals surface area contributed by atoms with Crippen molar-refractivity contribution in [1.82, 2.24) is 4.90 Å². The van der Waals surface area contributed by atoms with Gasteiger partial charge in [0.2, 0.25) is 15.9 Å². The number of ether oxygens (including phenoxy) is 1. The first kappa shape index (κ1) is 21.8. The van der Waals surface area contributed by atoms with Crippen molar-refractivity contribution in [2.75, 3.05) is 42.2 Å². The summed E-state index contributed by atoms with van der Waals surface area (Å²) in [6.07, 6.45) is 1.06. The van der Waals surface area contributed by atoms with E-state index in [2.05, 4.69) is 5.32 Å². The maximum Gasteiger partial charge on any atom is 0.256 e. The van der Waals surface area contributed by atoms with Crippen molar-refractivity contribution < 1.29 is 22.7 Å². The van der Waals surface area contributed by atoms with E-state index < -0.39 is 22.0 Å². The predicted molar refractivity (Wildman–Crippen MR) is 115 cm³/mol. The lowest BCUT2D eigenvalue weighted by molar-refractivity contribution is -0.116. The van der Waals surface area contributed by atoms with E-state index in [9.17, 15) is 18.0 Å². The van der Waals surface area contributed by atoms with E-state index in [0.717, 1.165) is 10.6 Å². The van der Waals surface area contributed by atoms with Crippen LogP contribution in [0.15, 0.2) is 54.6 Å². The second-order valence-electron chi connectivity index (χ2n) is 7.01. The highest BCUT2D eigenvalue weighted by Crippen LogP contribution is 2.23. The Balaban J connectivity index is 1.84. The molecule has 0 saturated carbocycles. The molecule has 0 radical (unpaired) electrons. The molecule has 1 N–H and O–H groups in total. The van der Waals surface area contributed by atoms with Gasteiger partial charge in [-0.2, -0.15) is 0 Å². The van der Waals surface area contributed by atoms with Crippen LogP contribution in [0.4, 0.5) is 11.4 Å². The van der Waals surface area contributed by atoms with Gasteiger partial charge in [-0.1, -0.05) is 30.3 Å².